The number of methoxy groups -OCH3 is 1. The van der Waals surface area contributed by atoms with E-state index in [2.05, 4.69) is 17.1 Å². The van der Waals surface area contributed by atoms with Crippen LogP contribution in [-0.4, -0.2) is 48.6 Å². The Hall–Kier alpha value is -3.18. The SMILES string of the molecule is COCCNC(=O)/C(C#N)=C/c1c(N2CCCC(C)C2)nc2c(C)cccn2c1=O. The van der Waals surface area contributed by atoms with Crippen LogP contribution in [-0.2, 0) is 9.53 Å². The summed E-state index contributed by atoms with van der Waals surface area (Å²) >= 11 is 0. The molecule has 0 radical (unpaired) electrons. The second-order valence-corrected chi connectivity index (χ2v) is 7.65. The van der Waals surface area contributed by atoms with Crippen LogP contribution in [0.25, 0.3) is 11.7 Å². The molecule has 0 bridgehead atoms. The summed E-state index contributed by atoms with van der Waals surface area (Å²) in [4.78, 5) is 32.7. The van der Waals surface area contributed by atoms with Crippen molar-refractivity contribution < 1.29 is 9.53 Å². The van der Waals surface area contributed by atoms with Gasteiger partial charge in [0.25, 0.3) is 11.5 Å². The van der Waals surface area contributed by atoms with Crippen LogP contribution in [0, 0.1) is 24.2 Å². The average Bonchev–Trinajstić information content (AvgIpc) is 2.73. The number of aryl methyl sites for hydroxylation is 1. The maximum atomic E-state index is 13.4. The lowest BCUT2D eigenvalue weighted by molar-refractivity contribution is -0.117. The van der Waals surface area contributed by atoms with Crippen molar-refractivity contribution in [2.75, 3.05) is 38.3 Å². The molecular weight excluding hydrogens is 382 g/mol. The Morgan fingerprint density at radius 1 is 1.50 bits per heavy atom. The van der Waals surface area contributed by atoms with Crippen LogP contribution >= 0.6 is 0 Å². The minimum absolute atomic E-state index is 0.135. The third kappa shape index (κ3) is 4.52. The summed E-state index contributed by atoms with van der Waals surface area (Å²) in [6.07, 6.45) is 5.14. The van der Waals surface area contributed by atoms with Crippen LogP contribution in [0.4, 0.5) is 5.82 Å². The molecule has 1 aliphatic rings. The van der Waals surface area contributed by atoms with E-state index in [4.69, 9.17) is 9.72 Å². The molecular formula is C22H27N5O3. The molecule has 0 aromatic carbocycles. The molecule has 2 aromatic rings. The Morgan fingerprint density at radius 2 is 2.30 bits per heavy atom. The van der Waals surface area contributed by atoms with E-state index >= 15 is 0 Å². The molecule has 1 unspecified atom stereocenters. The molecule has 3 rings (SSSR count). The number of nitrogens with one attached hydrogen (secondary N) is 1. The van der Waals surface area contributed by atoms with Gasteiger partial charge in [-0.25, -0.2) is 4.98 Å². The number of nitriles is 1. The highest BCUT2D eigenvalue weighted by molar-refractivity contribution is 6.02. The van der Waals surface area contributed by atoms with Gasteiger partial charge >= 0.3 is 0 Å². The largest absolute Gasteiger partial charge is 0.383 e. The number of nitrogens with zero attached hydrogens (tertiary/aromatic N) is 4. The van der Waals surface area contributed by atoms with E-state index in [1.54, 1.807) is 12.3 Å². The number of hydrogen-bond acceptors (Lipinski definition) is 6. The summed E-state index contributed by atoms with van der Waals surface area (Å²) in [6, 6.07) is 5.61. The van der Waals surface area contributed by atoms with Gasteiger partial charge in [0.15, 0.2) is 0 Å². The molecule has 2 aromatic heterocycles. The quantitative estimate of drug-likeness (QED) is 0.444. The van der Waals surface area contributed by atoms with Crippen molar-refractivity contribution in [2.45, 2.75) is 26.7 Å². The highest BCUT2D eigenvalue weighted by atomic mass is 16.5. The zero-order valence-corrected chi connectivity index (χ0v) is 17.6. The molecule has 0 saturated carbocycles. The molecule has 1 N–H and O–H groups in total. The van der Waals surface area contributed by atoms with Crippen LogP contribution in [0.15, 0.2) is 28.7 Å². The second kappa shape index (κ2) is 9.55. The summed E-state index contributed by atoms with van der Waals surface area (Å²) in [6.45, 7) is 6.24. The van der Waals surface area contributed by atoms with Gasteiger partial charge in [-0.2, -0.15) is 5.26 Å². The Balaban J connectivity index is 2.15. The van der Waals surface area contributed by atoms with E-state index in [1.165, 1.54) is 17.6 Å². The van der Waals surface area contributed by atoms with Gasteiger partial charge in [0.05, 0.1) is 12.2 Å². The van der Waals surface area contributed by atoms with Crippen molar-refractivity contribution in [3.05, 3.63) is 45.4 Å². The van der Waals surface area contributed by atoms with E-state index < -0.39 is 5.91 Å². The maximum absolute atomic E-state index is 13.4. The molecule has 30 heavy (non-hydrogen) atoms. The van der Waals surface area contributed by atoms with Gasteiger partial charge in [-0.1, -0.05) is 13.0 Å². The third-order valence-electron chi connectivity index (χ3n) is 5.27. The number of aromatic nitrogens is 2. The molecule has 0 aliphatic carbocycles. The molecule has 1 amide bonds. The summed E-state index contributed by atoms with van der Waals surface area (Å²) in [5.41, 5.74) is 1.29. The molecule has 1 atom stereocenters. The standard InChI is InChI=1S/C22H27N5O3/c1-15-6-4-9-26(14-15)20-18(12-17(13-23)21(28)24-8-11-30-3)22(29)27-10-5-7-16(2)19(27)25-20/h5,7,10,12,15H,4,6,8-9,11,14H2,1-3H3,(H,24,28)/b17-12+. The first-order valence-corrected chi connectivity index (χ1v) is 10.1. The van der Waals surface area contributed by atoms with E-state index in [0.29, 0.717) is 24.0 Å². The number of carbonyl (C=O) groups is 1. The smallest absolute Gasteiger partial charge is 0.267 e. The van der Waals surface area contributed by atoms with Crippen LogP contribution < -0.4 is 15.8 Å². The lowest BCUT2D eigenvalue weighted by Crippen LogP contribution is -2.37. The summed E-state index contributed by atoms with van der Waals surface area (Å²) < 4.78 is 6.39. The number of ether oxygens (including phenoxy) is 1. The molecule has 8 nitrogen and oxygen atoms in total. The van der Waals surface area contributed by atoms with Crippen molar-refractivity contribution in [2.24, 2.45) is 5.92 Å². The van der Waals surface area contributed by atoms with Gasteiger partial charge < -0.3 is 15.0 Å². The van der Waals surface area contributed by atoms with E-state index in [9.17, 15) is 14.9 Å². The first-order valence-electron chi connectivity index (χ1n) is 10.1. The van der Waals surface area contributed by atoms with Crippen molar-refractivity contribution in [1.29, 1.82) is 5.26 Å². The lowest BCUT2D eigenvalue weighted by atomic mass is 10.00. The predicted molar refractivity (Wildman–Crippen MR) is 115 cm³/mol. The van der Waals surface area contributed by atoms with Crippen LogP contribution in [0.1, 0.15) is 30.9 Å². The minimum Gasteiger partial charge on any atom is -0.383 e. The second-order valence-electron chi connectivity index (χ2n) is 7.65. The van der Waals surface area contributed by atoms with Crippen LogP contribution in [0.5, 0.6) is 0 Å². The predicted octanol–water partition coefficient (Wildman–Crippen LogP) is 1.91. The highest BCUT2D eigenvalue weighted by Gasteiger charge is 2.23. The molecule has 1 fully saturated rings. The average molecular weight is 409 g/mol. The molecule has 158 valence electrons. The van der Waals surface area contributed by atoms with E-state index in [1.807, 2.05) is 19.1 Å². The fourth-order valence-corrected chi connectivity index (χ4v) is 3.70. The number of piperidine rings is 1. The van der Waals surface area contributed by atoms with Gasteiger partial charge in [0, 0.05) is 32.9 Å². The molecule has 1 saturated heterocycles. The number of hydrogen-bond donors (Lipinski definition) is 1. The summed E-state index contributed by atoms with van der Waals surface area (Å²) in [7, 11) is 1.53. The van der Waals surface area contributed by atoms with E-state index in [0.717, 1.165) is 31.5 Å². The number of anilines is 1. The van der Waals surface area contributed by atoms with Crippen molar-refractivity contribution in [3.8, 4) is 6.07 Å². The number of amides is 1. The molecule has 8 heteroatoms. The number of pyridine rings is 1. The van der Waals surface area contributed by atoms with Gasteiger partial charge in [0.1, 0.15) is 23.1 Å². The Morgan fingerprint density at radius 3 is 3.00 bits per heavy atom. The summed E-state index contributed by atoms with van der Waals surface area (Å²) in [5.74, 6) is 0.458. The maximum Gasteiger partial charge on any atom is 0.267 e. The fraction of sp³-hybridized carbons (Fsp3) is 0.455. The molecule has 1 aliphatic heterocycles. The number of fused-ring (bicyclic) bond motifs is 1. The van der Waals surface area contributed by atoms with Gasteiger partial charge in [0.2, 0.25) is 0 Å². The molecule has 0 spiro atoms. The Bertz CT molecular complexity index is 1070. The topological polar surface area (TPSA) is 99.7 Å². The minimum atomic E-state index is -0.541. The first kappa shape index (κ1) is 21.5. The van der Waals surface area contributed by atoms with Crippen molar-refractivity contribution in [3.63, 3.8) is 0 Å². The van der Waals surface area contributed by atoms with Crippen LogP contribution in [0.3, 0.4) is 0 Å². The zero-order chi connectivity index (χ0) is 21.7. The van der Waals surface area contributed by atoms with Gasteiger partial charge in [-0.15, -0.1) is 0 Å². The zero-order valence-electron chi connectivity index (χ0n) is 17.6. The Labute approximate surface area is 175 Å². The number of carbonyl (C=O) groups excluding carboxylic acids is 1. The van der Waals surface area contributed by atoms with E-state index in [-0.39, 0.29) is 23.2 Å². The van der Waals surface area contributed by atoms with Gasteiger partial charge in [-0.3, -0.25) is 14.0 Å². The highest BCUT2D eigenvalue weighted by Crippen LogP contribution is 2.25. The number of rotatable bonds is 6. The summed E-state index contributed by atoms with van der Waals surface area (Å²) in [5, 5.41) is 12.2. The monoisotopic (exact) mass is 409 g/mol. The third-order valence-corrected chi connectivity index (χ3v) is 5.27. The van der Waals surface area contributed by atoms with Gasteiger partial charge in [-0.05, 0) is 43.4 Å². The van der Waals surface area contributed by atoms with Crippen molar-refractivity contribution >= 4 is 23.4 Å². The molecule has 3 heterocycles. The Kier molecular flexibility index (Phi) is 6.85. The normalized spacial score (nSPS) is 17.1. The van der Waals surface area contributed by atoms with Crippen molar-refractivity contribution in [1.82, 2.24) is 14.7 Å². The van der Waals surface area contributed by atoms with Crippen LogP contribution in [0.2, 0.25) is 0 Å². The lowest BCUT2D eigenvalue weighted by Gasteiger charge is -2.32. The first-order chi connectivity index (χ1) is 14.5. The fourth-order valence-electron chi connectivity index (χ4n) is 3.70.